The molecule has 3 heteroatoms. The Balaban J connectivity index is 2.37. The van der Waals surface area contributed by atoms with E-state index in [0.29, 0.717) is 13.0 Å². The zero-order chi connectivity index (χ0) is 14.0. The summed E-state index contributed by atoms with van der Waals surface area (Å²) < 4.78 is 5.52. The number of hydrogen-bond acceptors (Lipinski definition) is 2. The average Bonchev–Trinajstić information content (AvgIpc) is 2.71. The van der Waals surface area contributed by atoms with Crippen molar-refractivity contribution in [2.45, 2.75) is 39.5 Å². The molecule has 1 aromatic heterocycles. The van der Waals surface area contributed by atoms with E-state index in [1.807, 2.05) is 13.0 Å². The van der Waals surface area contributed by atoms with Gasteiger partial charge in [-0.15, -0.1) is 0 Å². The summed E-state index contributed by atoms with van der Waals surface area (Å²) in [5.74, 6) is 0.0337. The van der Waals surface area contributed by atoms with Crippen LogP contribution < -0.4 is 5.32 Å². The molecule has 0 saturated carbocycles. The first-order chi connectivity index (χ1) is 8.91. The lowest BCUT2D eigenvalue weighted by molar-refractivity contribution is -0.120. The number of carbonyl (C=O) groups is 1. The molecule has 3 nitrogen and oxygen atoms in total. The van der Waals surface area contributed by atoms with Crippen LogP contribution in [0.4, 0.5) is 0 Å². The Morgan fingerprint density at radius 1 is 1.32 bits per heavy atom. The Hall–Kier alpha value is -1.77. The lowest BCUT2D eigenvalue weighted by Gasteiger charge is -2.18. The maximum absolute atomic E-state index is 11.7. The number of benzene rings is 1. The van der Waals surface area contributed by atoms with Gasteiger partial charge in [-0.1, -0.05) is 26.8 Å². The highest BCUT2D eigenvalue weighted by Crippen LogP contribution is 2.29. The molecule has 0 saturated heterocycles. The molecule has 0 atom stereocenters. The standard InChI is InChI=1S/C16H21NO2/c1-5-17-15(18)8-11-10-19-14-7-6-12(9-13(11)14)16(2,3)4/h6-7,9-10H,5,8H2,1-4H3,(H,17,18). The van der Waals surface area contributed by atoms with Crippen molar-refractivity contribution in [2.75, 3.05) is 6.54 Å². The molecule has 19 heavy (non-hydrogen) atoms. The molecule has 1 N–H and O–H groups in total. The van der Waals surface area contributed by atoms with Gasteiger partial charge in [0.2, 0.25) is 5.91 Å². The molecule has 0 spiro atoms. The van der Waals surface area contributed by atoms with E-state index in [9.17, 15) is 4.79 Å². The number of carbonyl (C=O) groups excluding carboxylic acids is 1. The zero-order valence-corrected chi connectivity index (χ0v) is 12.0. The molecule has 0 aliphatic rings. The summed E-state index contributed by atoms with van der Waals surface area (Å²) in [6, 6.07) is 6.20. The van der Waals surface area contributed by atoms with Crippen LogP contribution in [0.3, 0.4) is 0 Å². The molecule has 0 fully saturated rings. The molecule has 0 aliphatic carbocycles. The summed E-state index contributed by atoms with van der Waals surface area (Å²) in [6.45, 7) is 9.11. The molecule has 0 aliphatic heterocycles. The molecular weight excluding hydrogens is 238 g/mol. The van der Waals surface area contributed by atoms with E-state index >= 15 is 0 Å². The molecule has 102 valence electrons. The molecule has 1 heterocycles. The van der Waals surface area contributed by atoms with Crippen molar-refractivity contribution >= 4 is 16.9 Å². The van der Waals surface area contributed by atoms with Gasteiger partial charge in [-0.2, -0.15) is 0 Å². The van der Waals surface area contributed by atoms with Crippen LogP contribution in [0, 0.1) is 0 Å². The van der Waals surface area contributed by atoms with Crippen molar-refractivity contribution in [3.05, 3.63) is 35.6 Å². The number of nitrogens with one attached hydrogen (secondary N) is 1. The van der Waals surface area contributed by atoms with Crippen molar-refractivity contribution in [3.8, 4) is 0 Å². The summed E-state index contributed by atoms with van der Waals surface area (Å²) in [5.41, 5.74) is 3.13. The van der Waals surface area contributed by atoms with Gasteiger partial charge in [0.05, 0.1) is 12.7 Å². The van der Waals surface area contributed by atoms with Crippen LogP contribution in [0.1, 0.15) is 38.8 Å². The average molecular weight is 259 g/mol. The third kappa shape index (κ3) is 2.98. The Morgan fingerprint density at radius 3 is 2.68 bits per heavy atom. The molecule has 2 rings (SSSR count). The third-order valence-corrected chi connectivity index (χ3v) is 3.24. The minimum absolute atomic E-state index is 0.0337. The van der Waals surface area contributed by atoms with E-state index in [-0.39, 0.29) is 11.3 Å². The number of furan rings is 1. The topological polar surface area (TPSA) is 42.2 Å². The fraction of sp³-hybridized carbons (Fsp3) is 0.438. The molecule has 0 radical (unpaired) electrons. The Labute approximate surface area is 114 Å². The van der Waals surface area contributed by atoms with E-state index < -0.39 is 0 Å². The van der Waals surface area contributed by atoms with Crippen LogP contribution in [-0.4, -0.2) is 12.5 Å². The highest BCUT2D eigenvalue weighted by molar-refractivity contribution is 5.88. The molecule has 2 aromatic rings. The first kappa shape index (κ1) is 13.7. The highest BCUT2D eigenvalue weighted by Gasteiger charge is 2.16. The summed E-state index contributed by atoms with van der Waals surface area (Å²) in [4.78, 5) is 11.7. The Morgan fingerprint density at radius 2 is 2.05 bits per heavy atom. The third-order valence-electron chi connectivity index (χ3n) is 3.24. The molecular formula is C16H21NO2. The van der Waals surface area contributed by atoms with Crippen molar-refractivity contribution in [1.82, 2.24) is 5.32 Å². The van der Waals surface area contributed by atoms with Crippen LogP contribution >= 0.6 is 0 Å². The lowest BCUT2D eigenvalue weighted by Crippen LogP contribution is -2.24. The van der Waals surface area contributed by atoms with Crippen molar-refractivity contribution in [3.63, 3.8) is 0 Å². The van der Waals surface area contributed by atoms with Crippen LogP contribution in [0.25, 0.3) is 11.0 Å². The number of amides is 1. The monoisotopic (exact) mass is 259 g/mol. The van der Waals surface area contributed by atoms with Gasteiger partial charge in [-0.05, 0) is 30.0 Å². The Bertz CT molecular complexity index is 590. The lowest BCUT2D eigenvalue weighted by atomic mass is 9.86. The number of rotatable bonds is 3. The van der Waals surface area contributed by atoms with Gasteiger partial charge in [0.25, 0.3) is 0 Å². The van der Waals surface area contributed by atoms with E-state index in [1.54, 1.807) is 6.26 Å². The predicted molar refractivity (Wildman–Crippen MR) is 77.3 cm³/mol. The van der Waals surface area contributed by atoms with Gasteiger partial charge in [0, 0.05) is 17.5 Å². The maximum Gasteiger partial charge on any atom is 0.224 e. The fourth-order valence-electron chi connectivity index (χ4n) is 2.12. The minimum atomic E-state index is 0.0337. The summed E-state index contributed by atoms with van der Waals surface area (Å²) >= 11 is 0. The zero-order valence-electron chi connectivity index (χ0n) is 12.0. The van der Waals surface area contributed by atoms with Crippen LogP contribution in [0.5, 0.6) is 0 Å². The molecule has 1 amide bonds. The molecule has 0 unspecified atom stereocenters. The SMILES string of the molecule is CCNC(=O)Cc1coc2ccc(C(C)(C)C)cc12. The fourth-order valence-corrected chi connectivity index (χ4v) is 2.12. The van der Waals surface area contributed by atoms with Crippen LogP contribution in [0.15, 0.2) is 28.9 Å². The summed E-state index contributed by atoms with van der Waals surface area (Å²) in [5, 5.41) is 3.85. The van der Waals surface area contributed by atoms with Gasteiger partial charge in [0.15, 0.2) is 0 Å². The first-order valence-electron chi connectivity index (χ1n) is 6.69. The van der Waals surface area contributed by atoms with E-state index in [1.165, 1.54) is 5.56 Å². The van der Waals surface area contributed by atoms with Gasteiger partial charge < -0.3 is 9.73 Å². The number of hydrogen-bond donors (Lipinski definition) is 1. The summed E-state index contributed by atoms with van der Waals surface area (Å²) in [7, 11) is 0. The van der Waals surface area contributed by atoms with Gasteiger partial charge >= 0.3 is 0 Å². The van der Waals surface area contributed by atoms with Crippen molar-refractivity contribution in [1.29, 1.82) is 0 Å². The number of fused-ring (bicyclic) bond motifs is 1. The first-order valence-corrected chi connectivity index (χ1v) is 6.69. The number of likely N-dealkylation sites (N-methyl/N-ethyl adjacent to an activating group) is 1. The van der Waals surface area contributed by atoms with E-state index in [2.05, 4.69) is 38.2 Å². The van der Waals surface area contributed by atoms with E-state index in [4.69, 9.17) is 4.42 Å². The van der Waals surface area contributed by atoms with Gasteiger partial charge in [0.1, 0.15) is 5.58 Å². The Kier molecular flexibility index (Phi) is 3.65. The maximum atomic E-state index is 11.7. The predicted octanol–water partition coefficient (Wildman–Crippen LogP) is 3.41. The normalized spacial score (nSPS) is 11.8. The van der Waals surface area contributed by atoms with Gasteiger partial charge in [-0.25, -0.2) is 0 Å². The van der Waals surface area contributed by atoms with E-state index in [0.717, 1.165) is 16.5 Å². The summed E-state index contributed by atoms with van der Waals surface area (Å²) in [6.07, 6.45) is 2.06. The minimum Gasteiger partial charge on any atom is -0.464 e. The van der Waals surface area contributed by atoms with Crippen molar-refractivity contribution < 1.29 is 9.21 Å². The van der Waals surface area contributed by atoms with Crippen LogP contribution in [-0.2, 0) is 16.6 Å². The molecule has 1 aromatic carbocycles. The van der Waals surface area contributed by atoms with Gasteiger partial charge in [-0.3, -0.25) is 4.79 Å². The van der Waals surface area contributed by atoms with Crippen molar-refractivity contribution in [2.24, 2.45) is 0 Å². The smallest absolute Gasteiger partial charge is 0.224 e. The largest absolute Gasteiger partial charge is 0.464 e. The second-order valence-corrected chi connectivity index (χ2v) is 5.85. The quantitative estimate of drug-likeness (QED) is 0.917. The highest BCUT2D eigenvalue weighted by atomic mass is 16.3. The second-order valence-electron chi connectivity index (χ2n) is 5.85. The van der Waals surface area contributed by atoms with Crippen LogP contribution in [0.2, 0.25) is 0 Å². The molecule has 0 bridgehead atoms. The second kappa shape index (κ2) is 5.08.